The molecule has 0 aliphatic heterocycles. The molecule has 0 saturated carbocycles. The van der Waals surface area contributed by atoms with Crippen LogP contribution in [-0.2, 0) is 11.2 Å². The first-order valence-corrected chi connectivity index (χ1v) is 6.43. The van der Waals surface area contributed by atoms with Crippen molar-refractivity contribution in [2.45, 2.75) is 19.4 Å². The number of aromatic nitrogens is 3. The molecule has 0 aliphatic carbocycles. The maximum Gasteiger partial charge on any atom is 0.320 e. The quantitative estimate of drug-likeness (QED) is 0.883. The minimum absolute atomic E-state index is 0.155. The number of benzene rings is 1. The highest BCUT2D eigenvalue weighted by atomic mass is 79.9. The summed E-state index contributed by atoms with van der Waals surface area (Å²) in [6.45, 7) is 1.96. The molecule has 100 valence electrons. The smallest absolute Gasteiger partial charge is 0.320 e. The van der Waals surface area contributed by atoms with Crippen LogP contribution in [0.5, 0.6) is 0 Å². The van der Waals surface area contributed by atoms with Gasteiger partial charge in [0.15, 0.2) is 0 Å². The molecular weight excluding hydrogens is 312 g/mol. The summed E-state index contributed by atoms with van der Waals surface area (Å²) in [7, 11) is 0. The van der Waals surface area contributed by atoms with Crippen LogP contribution in [0.15, 0.2) is 28.9 Å². The number of carboxylic acids is 1. The molecule has 2 rings (SSSR count). The van der Waals surface area contributed by atoms with Gasteiger partial charge in [0.2, 0.25) is 0 Å². The molecule has 2 aromatic rings. The van der Waals surface area contributed by atoms with Crippen molar-refractivity contribution in [2.75, 3.05) is 0 Å². The van der Waals surface area contributed by atoms with Crippen molar-refractivity contribution in [3.05, 3.63) is 40.1 Å². The van der Waals surface area contributed by atoms with E-state index in [-0.39, 0.29) is 6.42 Å². The molecule has 6 nitrogen and oxygen atoms in total. The molecule has 1 unspecified atom stereocenters. The van der Waals surface area contributed by atoms with Crippen LogP contribution in [0.3, 0.4) is 0 Å². The van der Waals surface area contributed by atoms with Crippen molar-refractivity contribution in [2.24, 2.45) is 5.73 Å². The lowest BCUT2D eigenvalue weighted by molar-refractivity contribution is -0.138. The van der Waals surface area contributed by atoms with E-state index in [0.29, 0.717) is 5.69 Å². The fourth-order valence-electron chi connectivity index (χ4n) is 1.67. The van der Waals surface area contributed by atoms with Gasteiger partial charge < -0.3 is 10.8 Å². The first-order valence-electron chi connectivity index (χ1n) is 5.64. The fourth-order valence-corrected chi connectivity index (χ4v) is 2.02. The molecule has 7 heteroatoms. The Morgan fingerprint density at radius 2 is 2.32 bits per heavy atom. The molecule has 0 spiro atoms. The predicted octanol–water partition coefficient (Wildman–Crippen LogP) is 1.29. The van der Waals surface area contributed by atoms with Gasteiger partial charge in [-0.1, -0.05) is 27.2 Å². The van der Waals surface area contributed by atoms with E-state index in [0.717, 1.165) is 15.7 Å². The van der Waals surface area contributed by atoms with Crippen LogP contribution in [0.4, 0.5) is 0 Å². The molecule has 1 aromatic heterocycles. The number of hydrogen-bond acceptors (Lipinski definition) is 4. The summed E-state index contributed by atoms with van der Waals surface area (Å²) in [6.07, 6.45) is 1.85. The molecule has 1 atom stereocenters. The second-order valence-corrected chi connectivity index (χ2v) is 5.04. The van der Waals surface area contributed by atoms with Crippen molar-refractivity contribution in [1.82, 2.24) is 15.0 Å². The predicted molar refractivity (Wildman–Crippen MR) is 73.1 cm³/mol. The Labute approximate surface area is 118 Å². The van der Waals surface area contributed by atoms with Gasteiger partial charge in [-0.2, -0.15) is 0 Å². The summed E-state index contributed by atoms with van der Waals surface area (Å²) in [6, 6.07) is 4.79. The van der Waals surface area contributed by atoms with Gasteiger partial charge >= 0.3 is 5.97 Å². The molecule has 0 bridgehead atoms. The van der Waals surface area contributed by atoms with Crippen molar-refractivity contribution in [3.63, 3.8) is 0 Å². The minimum Gasteiger partial charge on any atom is -0.480 e. The standard InChI is InChI=1S/C12H13BrN4O2/c1-7-9(13)3-2-4-11(7)17-6-8(15-16-17)5-10(14)12(18)19/h2-4,6,10H,5,14H2,1H3,(H,18,19). The molecule has 1 heterocycles. The number of nitrogens with two attached hydrogens (primary N) is 1. The summed E-state index contributed by atoms with van der Waals surface area (Å²) in [5, 5.41) is 16.7. The molecule has 0 aliphatic rings. The first kappa shape index (κ1) is 13.7. The molecule has 0 fully saturated rings. The second-order valence-electron chi connectivity index (χ2n) is 4.19. The second kappa shape index (κ2) is 5.50. The number of rotatable bonds is 4. The SMILES string of the molecule is Cc1c(Br)cccc1-n1cc(CC(N)C(=O)O)nn1. The van der Waals surface area contributed by atoms with Crippen LogP contribution >= 0.6 is 15.9 Å². The van der Waals surface area contributed by atoms with Gasteiger partial charge in [-0.3, -0.25) is 4.79 Å². The average molecular weight is 325 g/mol. The minimum atomic E-state index is -1.05. The van der Waals surface area contributed by atoms with E-state index in [9.17, 15) is 4.79 Å². The monoisotopic (exact) mass is 324 g/mol. The molecular formula is C12H13BrN4O2. The zero-order valence-electron chi connectivity index (χ0n) is 10.2. The Morgan fingerprint density at radius 3 is 3.00 bits per heavy atom. The van der Waals surface area contributed by atoms with Gasteiger partial charge in [-0.25, -0.2) is 4.68 Å². The molecule has 0 saturated heterocycles. The van der Waals surface area contributed by atoms with Gasteiger partial charge in [-0.05, 0) is 24.6 Å². The summed E-state index contributed by atoms with van der Waals surface area (Å²) in [5.41, 5.74) is 7.93. The molecule has 19 heavy (non-hydrogen) atoms. The van der Waals surface area contributed by atoms with E-state index in [1.807, 2.05) is 25.1 Å². The Morgan fingerprint density at radius 1 is 1.58 bits per heavy atom. The molecule has 0 amide bonds. The van der Waals surface area contributed by atoms with E-state index in [4.69, 9.17) is 10.8 Å². The zero-order chi connectivity index (χ0) is 14.0. The number of nitrogens with zero attached hydrogens (tertiary/aromatic N) is 3. The molecule has 1 aromatic carbocycles. The highest BCUT2D eigenvalue weighted by molar-refractivity contribution is 9.10. The largest absolute Gasteiger partial charge is 0.480 e. The van der Waals surface area contributed by atoms with Gasteiger partial charge in [0, 0.05) is 10.9 Å². The van der Waals surface area contributed by atoms with Crippen LogP contribution in [0.25, 0.3) is 5.69 Å². The Hall–Kier alpha value is -1.73. The van der Waals surface area contributed by atoms with Gasteiger partial charge in [-0.15, -0.1) is 5.10 Å². The van der Waals surface area contributed by atoms with Crippen molar-refractivity contribution in [3.8, 4) is 5.69 Å². The third kappa shape index (κ3) is 2.99. The van der Waals surface area contributed by atoms with Crippen molar-refractivity contribution < 1.29 is 9.90 Å². The fraction of sp³-hybridized carbons (Fsp3) is 0.250. The lowest BCUT2D eigenvalue weighted by Gasteiger charge is -2.06. The van der Waals surface area contributed by atoms with Crippen molar-refractivity contribution in [1.29, 1.82) is 0 Å². The zero-order valence-corrected chi connectivity index (χ0v) is 11.8. The van der Waals surface area contributed by atoms with Gasteiger partial charge in [0.05, 0.1) is 17.6 Å². The third-order valence-electron chi connectivity index (χ3n) is 2.77. The Kier molecular flexibility index (Phi) is 3.96. The maximum atomic E-state index is 10.7. The summed E-state index contributed by atoms with van der Waals surface area (Å²) >= 11 is 3.45. The van der Waals surface area contributed by atoms with E-state index in [2.05, 4.69) is 26.2 Å². The number of hydrogen-bond donors (Lipinski definition) is 2. The van der Waals surface area contributed by atoms with E-state index >= 15 is 0 Å². The van der Waals surface area contributed by atoms with Crippen LogP contribution in [0, 0.1) is 6.92 Å². The van der Waals surface area contributed by atoms with Crippen LogP contribution in [0.1, 0.15) is 11.3 Å². The summed E-state index contributed by atoms with van der Waals surface area (Å²) < 4.78 is 2.59. The topological polar surface area (TPSA) is 94.0 Å². The van der Waals surface area contributed by atoms with Crippen molar-refractivity contribution >= 4 is 21.9 Å². The molecule has 3 N–H and O–H groups in total. The lowest BCUT2D eigenvalue weighted by atomic mass is 10.2. The highest BCUT2D eigenvalue weighted by Gasteiger charge is 2.15. The van der Waals surface area contributed by atoms with Gasteiger partial charge in [0.1, 0.15) is 6.04 Å². The summed E-state index contributed by atoms with van der Waals surface area (Å²) in [4.78, 5) is 10.7. The number of carbonyl (C=O) groups is 1. The maximum absolute atomic E-state index is 10.7. The van der Waals surface area contributed by atoms with Crippen LogP contribution in [0.2, 0.25) is 0 Å². The first-order chi connectivity index (χ1) is 8.99. The third-order valence-corrected chi connectivity index (χ3v) is 3.63. The van der Waals surface area contributed by atoms with Gasteiger partial charge in [0.25, 0.3) is 0 Å². The number of carboxylic acid groups (broad SMARTS) is 1. The van der Waals surface area contributed by atoms with Crippen LogP contribution in [-0.4, -0.2) is 32.1 Å². The van der Waals surface area contributed by atoms with E-state index < -0.39 is 12.0 Å². The van der Waals surface area contributed by atoms with E-state index in [1.165, 1.54) is 0 Å². The Bertz CT molecular complexity index is 612. The number of halogens is 1. The lowest BCUT2D eigenvalue weighted by Crippen LogP contribution is -2.32. The normalized spacial score (nSPS) is 12.4. The molecule has 0 radical (unpaired) electrons. The Balaban J connectivity index is 2.26. The van der Waals surface area contributed by atoms with E-state index in [1.54, 1.807) is 10.9 Å². The number of aliphatic carboxylic acids is 1. The van der Waals surface area contributed by atoms with Crippen LogP contribution < -0.4 is 5.73 Å². The summed E-state index contributed by atoms with van der Waals surface area (Å²) in [5.74, 6) is -1.05. The average Bonchev–Trinajstić information content (AvgIpc) is 2.81. The highest BCUT2D eigenvalue weighted by Crippen LogP contribution is 2.22.